The van der Waals surface area contributed by atoms with Crippen LogP contribution in [0.15, 0.2) is 79.0 Å². The smallest absolute Gasteiger partial charge is 0.262 e. The summed E-state index contributed by atoms with van der Waals surface area (Å²) in [7, 11) is 0. The molecule has 0 radical (unpaired) electrons. The minimum absolute atomic E-state index is 0.213. The number of aromatic nitrogens is 1. The predicted molar refractivity (Wildman–Crippen MR) is 104 cm³/mol. The summed E-state index contributed by atoms with van der Waals surface area (Å²) < 4.78 is 0. The molecule has 0 saturated carbocycles. The Balaban J connectivity index is 1.68. The lowest BCUT2D eigenvalue weighted by Crippen LogP contribution is -2.48. The number of carbonyl (C=O) groups is 3. The van der Waals surface area contributed by atoms with E-state index in [0.717, 1.165) is 10.5 Å². The van der Waals surface area contributed by atoms with Crippen LogP contribution in [0, 0.1) is 0 Å². The summed E-state index contributed by atoms with van der Waals surface area (Å²) in [6, 6.07) is 20.1. The van der Waals surface area contributed by atoms with Crippen LogP contribution >= 0.6 is 0 Å². The molecule has 2 aromatic carbocycles. The molecule has 1 aliphatic rings. The number of pyridine rings is 1. The summed E-state index contributed by atoms with van der Waals surface area (Å²) in [5.41, 5.74) is 1.48. The van der Waals surface area contributed by atoms with Gasteiger partial charge in [-0.2, -0.15) is 0 Å². The second-order valence-corrected chi connectivity index (χ2v) is 6.44. The number of hydrogen-bond acceptors (Lipinski definition) is 4. The van der Waals surface area contributed by atoms with Gasteiger partial charge in [0, 0.05) is 12.6 Å². The summed E-state index contributed by atoms with van der Waals surface area (Å²) in [6.07, 6.45) is 1.77. The molecule has 28 heavy (non-hydrogen) atoms. The number of nitrogens with zero attached hydrogens (tertiary/aromatic N) is 2. The van der Waals surface area contributed by atoms with Crippen LogP contribution in [-0.4, -0.2) is 33.6 Å². The van der Waals surface area contributed by atoms with Crippen LogP contribution in [0.5, 0.6) is 0 Å². The molecule has 0 saturated heterocycles. The topological polar surface area (TPSA) is 79.4 Å². The van der Waals surface area contributed by atoms with Crippen LogP contribution in [0.3, 0.4) is 0 Å². The van der Waals surface area contributed by atoms with Gasteiger partial charge in [-0.15, -0.1) is 0 Å². The first-order chi connectivity index (χ1) is 13.6. The molecule has 1 N–H and O–H groups in total. The second kappa shape index (κ2) is 7.44. The van der Waals surface area contributed by atoms with E-state index >= 15 is 0 Å². The van der Waals surface area contributed by atoms with E-state index in [9.17, 15) is 14.4 Å². The van der Waals surface area contributed by atoms with E-state index in [-0.39, 0.29) is 6.42 Å². The highest BCUT2D eigenvalue weighted by atomic mass is 16.2. The molecule has 1 atom stereocenters. The Labute approximate surface area is 161 Å². The number of nitrogens with one attached hydrogen (secondary N) is 1. The molecule has 0 aliphatic carbocycles. The average Bonchev–Trinajstić information content (AvgIpc) is 2.98. The molecule has 3 amide bonds. The molecular formula is C22H17N3O3. The SMILES string of the molecule is O=C(Nc1ccccn1)[C@H](Cc1ccccc1)N1C(=O)c2ccccc2C1=O. The monoisotopic (exact) mass is 371 g/mol. The maximum Gasteiger partial charge on any atom is 0.262 e. The molecule has 0 unspecified atom stereocenters. The second-order valence-electron chi connectivity index (χ2n) is 6.44. The van der Waals surface area contributed by atoms with E-state index in [2.05, 4.69) is 10.3 Å². The van der Waals surface area contributed by atoms with Crippen molar-refractivity contribution in [2.45, 2.75) is 12.5 Å². The molecule has 138 valence electrons. The zero-order chi connectivity index (χ0) is 19.5. The Hall–Kier alpha value is -3.80. The van der Waals surface area contributed by atoms with E-state index in [1.165, 1.54) is 0 Å². The van der Waals surface area contributed by atoms with Crippen LogP contribution in [0.1, 0.15) is 26.3 Å². The lowest BCUT2D eigenvalue weighted by Gasteiger charge is -2.25. The Kier molecular flexibility index (Phi) is 4.68. The summed E-state index contributed by atoms with van der Waals surface area (Å²) in [5.74, 6) is -1.02. The van der Waals surface area contributed by atoms with Crippen LogP contribution < -0.4 is 5.32 Å². The van der Waals surface area contributed by atoms with Gasteiger partial charge >= 0.3 is 0 Å². The number of benzene rings is 2. The van der Waals surface area contributed by atoms with Crippen molar-refractivity contribution >= 4 is 23.5 Å². The summed E-state index contributed by atoms with van der Waals surface area (Å²) >= 11 is 0. The number of rotatable bonds is 5. The number of fused-ring (bicyclic) bond motifs is 1. The van der Waals surface area contributed by atoms with E-state index < -0.39 is 23.8 Å². The molecule has 6 nitrogen and oxygen atoms in total. The van der Waals surface area contributed by atoms with Gasteiger partial charge in [0.25, 0.3) is 11.8 Å². The zero-order valence-corrected chi connectivity index (χ0v) is 14.9. The standard InChI is InChI=1S/C22H17N3O3/c26-20(24-19-12-6-7-13-23-19)18(14-15-8-2-1-3-9-15)25-21(27)16-10-4-5-11-17(16)22(25)28/h1-13,18H,14H2,(H,23,24,26)/t18-/m0/s1. The van der Waals surface area contributed by atoms with Crippen LogP contribution in [0.2, 0.25) is 0 Å². The highest BCUT2D eigenvalue weighted by molar-refractivity contribution is 6.23. The van der Waals surface area contributed by atoms with E-state index in [0.29, 0.717) is 16.9 Å². The zero-order valence-electron chi connectivity index (χ0n) is 14.9. The van der Waals surface area contributed by atoms with Gasteiger partial charge in [-0.05, 0) is 29.8 Å². The molecule has 3 aromatic rings. The first-order valence-corrected chi connectivity index (χ1v) is 8.88. The molecule has 4 rings (SSSR count). The molecule has 6 heteroatoms. The molecule has 0 fully saturated rings. The first-order valence-electron chi connectivity index (χ1n) is 8.88. The van der Waals surface area contributed by atoms with Crippen molar-refractivity contribution in [3.63, 3.8) is 0 Å². The van der Waals surface area contributed by atoms with Gasteiger partial charge in [0.15, 0.2) is 0 Å². The Bertz CT molecular complexity index is 1000. The van der Waals surface area contributed by atoms with E-state index in [1.54, 1.807) is 48.7 Å². The van der Waals surface area contributed by atoms with E-state index in [1.807, 2.05) is 30.3 Å². The van der Waals surface area contributed by atoms with Gasteiger partial charge < -0.3 is 5.32 Å². The van der Waals surface area contributed by atoms with Gasteiger partial charge in [-0.1, -0.05) is 48.5 Å². The number of anilines is 1. The van der Waals surface area contributed by atoms with Crippen molar-refractivity contribution in [3.05, 3.63) is 95.7 Å². The van der Waals surface area contributed by atoms with E-state index in [4.69, 9.17) is 0 Å². The fraction of sp³-hybridized carbons (Fsp3) is 0.0909. The largest absolute Gasteiger partial charge is 0.309 e. The molecule has 0 bridgehead atoms. The minimum atomic E-state index is -0.989. The van der Waals surface area contributed by atoms with Crippen molar-refractivity contribution in [1.82, 2.24) is 9.88 Å². The lowest BCUT2D eigenvalue weighted by molar-refractivity contribution is -0.120. The van der Waals surface area contributed by atoms with Crippen LogP contribution in [0.25, 0.3) is 0 Å². The predicted octanol–water partition coefficient (Wildman–Crippen LogP) is 2.93. The molecule has 1 aliphatic heterocycles. The minimum Gasteiger partial charge on any atom is -0.309 e. The third-order valence-corrected chi connectivity index (χ3v) is 4.63. The normalized spacial score (nSPS) is 13.9. The number of carbonyl (C=O) groups excluding carboxylic acids is 3. The van der Waals surface area contributed by atoms with Gasteiger partial charge in [0.05, 0.1) is 11.1 Å². The van der Waals surface area contributed by atoms with Gasteiger partial charge in [0.2, 0.25) is 5.91 Å². The fourth-order valence-electron chi connectivity index (χ4n) is 3.28. The lowest BCUT2D eigenvalue weighted by atomic mass is 10.0. The first kappa shape index (κ1) is 17.6. The van der Waals surface area contributed by atoms with Crippen molar-refractivity contribution in [2.24, 2.45) is 0 Å². The number of imide groups is 1. The molecule has 2 heterocycles. The van der Waals surface area contributed by atoms with Crippen molar-refractivity contribution in [3.8, 4) is 0 Å². The van der Waals surface area contributed by atoms with Crippen molar-refractivity contribution in [1.29, 1.82) is 0 Å². The van der Waals surface area contributed by atoms with Gasteiger partial charge in [-0.3, -0.25) is 19.3 Å². The number of hydrogen-bond donors (Lipinski definition) is 1. The molecular weight excluding hydrogens is 354 g/mol. The maximum atomic E-state index is 13.0. The maximum absolute atomic E-state index is 13.0. The Morgan fingerprint density at radius 3 is 2.07 bits per heavy atom. The van der Waals surface area contributed by atoms with Crippen molar-refractivity contribution in [2.75, 3.05) is 5.32 Å². The summed E-state index contributed by atoms with van der Waals surface area (Å²) in [4.78, 5) is 44.0. The Morgan fingerprint density at radius 1 is 0.857 bits per heavy atom. The third-order valence-electron chi connectivity index (χ3n) is 4.63. The van der Waals surface area contributed by atoms with Gasteiger partial charge in [-0.25, -0.2) is 4.98 Å². The highest BCUT2D eigenvalue weighted by Crippen LogP contribution is 2.26. The van der Waals surface area contributed by atoms with Crippen LogP contribution in [0.4, 0.5) is 5.82 Å². The Morgan fingerprint density at radius 2 is 1.46 bits per heavy atom. The molecule has 1 aromatic heterocycles. The fourth-order valence-corrected chi connectivity index (χ4v) is 3.28. The van der Waals surface area contributed by atoms with Gasteiger partial charge in [0.1, 0.15) is 11.9 Å². The summed E-state index contributed by atoms with van der Waals surface area (Å²) in [5, 5.41) is 2.71. The van der Waals surface area contributed by atoms with Crippen molar-refractivity contribution < 1.29 is 14.4 Å². The van der Waals surface area contributed by atoms with Crippen LogP contribution in [-0.2, 0) is 11.2 Å². The summed E-state index contributed by atoms with van der Waals surface area (Å²) in [6.45, 7) is 0. The molecule has 0 spiro atoms. The number of amides is 3. The third kappa shape index (κ3) is 3.27. The average molecular weight is 371 g/mol. The quantitative estimate of drug-likeness (QED) is 0.700. The highest BCUT2D eigenvalue weighted by Gasteiger charge is 2.42.